The van der Waals surface area contributed by atoms with Crippen LogP contribution in [0.25, 0.3) is 0 Å². The number of benzene rings is 1. The van der Waals surface area contributed by atoms with Gasteiger partial charge in [-0.05, 0) is 0 Å². The summed E-state index contributed by atoms with van der Waals surface area (Å²) < 4.78 is 42.3. The molecule has 0 aliphatic heterocycles. The van der Waals surface area contributed by atoms with Gasteiger partial charge in [0.2, 0.25) is 17.4 Å². The third-order valence-electron chi connectivity index (χ3n) is 1.34. The molecule has 0 aromatic heterocycles. The fourth-order valence-corrected chi connectivity index (χ4v) is 0.801. The van der Waals surface area contributed by atoms with Crippen LogP contribution in [0.4, 0.5) is 13.2 Å². The Bertz CT molecular complexity index is 364. The monoisotopic (exact) mass is 206 g/mol. The summed E-state index contributed by atoms with van der Waals surface area (Å²) in [5.41, 5.74) is 0. The molecule has 1 N–H and O–H groups in total. The first-order valence-corrected chi connectivity index (χ1v) is 3.48. The fraction of sp³-hybridized carbons (Fsp3) is 0.125. The van der Waals surface area contributed by atoms with Crippen molar-refractivity contribution in [2.75, 3.05) is 0 Å². The van der Waals surface area contributed by atoms with Crippen LogP contribution in [0.1, 0.15) is 6.92 Å². The number of ether oxygens (including phenoxy) is 1. The molecule has 0 aliphatic rings. The predicted molar refractivity (Wildman–Crippen MR) is 39.3 cm³/mol. The number of esters is 1. The second kappa shape index (κ2) is 3.57. The smallest absolute Gasteiger partial charge is 0.308 e. The van der Waals surface area contributed by atoms with E-state index in [1.54, 1.807) is 0 Å². The maximum absolute atomic E-state index is 12.9. The summed E-state index contributed by atoms with van der Waals surface area (Å²) in [5, 5.41) is 8.75. The van der Waals surface area contributed by atoms with E-state index in [0.717, 1.165) is 6.92 Å². The molecule has 0 saturated heterocycles. The van der Waals surface area contributed by atoms with Crippen molar-refractivity contribution in [1.29, 1.82) is 0 Å². The number of hydrogen-bond donors (Lipinski definition) is 1. The highest BCUT2D eigenvalue weighted by Crippen LogP contribution is 2.30. The molecule has 6 heteroatoms. The Labute approximate surface area is 76.7 Å². The van der Waals surface area contributed by atoms with Crippen LogP contribution < -0.4 is 4.74 Å². The van der Waals surface area contributed by atoms with E-state index < -0.39 is 34.9 Å². The second-order valence-electron chi connectivity index (χ2n) is 2.43. The standard InChI is InChI=1S/C8H5F3O3/c1-3(12)14-8-6(10)4(9)2-5(13)7(8)11/h2,13H,1H3. The topological polar surface area (TPSA) is 46.5 Å². The van der Waals surface area contributed by atoms with Crippen LogP contribution in [0.5, 0.6) is 11.5 Å². The third-order valence-corrected chi connectivity index (χ3v) is 1.34. The number of carbonyl (C=O) groups is 1. The third kappa shape index (κ3) is 1.78. The molecule has 0 saturated carbocycles. The van der Waals surface area contributed by atoms with Crippen molar-refractivity contribution in [3.8, 4) is 11.5 Å². The van der Waals surface area contributed by atoms with Gasteiger partial charge >= 0.3 is 5.97 Å². The van der Waals surface area contributed by atoms with Gasteiger partial charge in [0.1, 0.15) is 0 Å². The molecule has 0 radical (unpaired) electrons. The lowest BCUT2D eigenvalue weighted by Gasteiger charge is -2.05. The van der Waals surface area contributed by atoms with Crippen molar-refractivity contribution < 1.29 is 27.8 Å². The largest absolute Gasteiger partial charge is 0.505 e. The number of rotatable bonds is 1. The summed E-state index contributed by atoms with van der Waals surface area (Å²) in [7, 11) is 0. The Morgan fingerprint density at radius 3 is 2.43 bits per heavy atom. The Balaban J connectivity index is 3.31. The molecule has 3 nitrogen and oxygen atoms in total. The maximum atomic E-state index is 12.9. The van der Waals surface area contributed by atoms with Crippen LogP contribution in [0, 0.1) is 17.5 Å². The molecule has 1 aromatic rings. The van der Waals surface area contributed by atoms with Crippen LogP contribution >= 0.6 is 0 Å². The van der Waals surface area contributed by atoms with E-state index in [1.165, 1.54) is 0 Å². The van der Waals surface area contributed by atoms with Crippen LogP contribution in [-0.2, 0) is 4.79 Å². The number of aromatic hydroxyl groups is 1. The summed E-state index contributed by atoms with van der Waals surface area (Å²) >= 11 is 0. The van der Waals surface area contributed by atoms with Gasteiger partial charge in [0.15, 0.2) is 11.6 Å². The van der Waals surface area contributed by atoms with Gasteiger partial charge in [-0.3, -0.25) is 4.79 Å². The number of halogens is 3. The van der Waals surface area contributed by atoms with Crippen molar-refractivity contribution in [2.45, 2.75) is 6.92 Å². The highest BCUT2D eigenvalue weighted by Gasteiger charge is 2.21. The average Bonchev–Trinajstić information content (AvgIpc) is 2.09. The summed E-state index contributed by atoms with van der Waals surface area (Å²) in [4.78, 5) is 10.4. The molecular weight excluding hydrogens is 201 g/mol. The number of carbonyl (C=O) groups excluding carboxylic acids is 1. The van der Waals surface area contributed by atoms with Crippen LogP contribution in [-0.4, -0.2) is 11.1 Å². The zero-order valence-corrected chi connectivity index (χ0v) is 6.97. The van der Waals surface area contributed by atoms with Crippen LogP contribution in [0.15, 0.2) is 6.07 Å². The molecule has 0 fully saturated rings. The Morgan fingerprint density at radius 2 is 1.93 bits per heavy atom. The minimum Gasteiger partial charge on any atom is -0.505 e. The molecule has 0 amide bonds. The van der Waals surface area contributed by atoms with E-state index in [2.05, 4.69) is 4.74 Å². The SMILES string of the molecule is CC(=O)Oc1c(F)c(O)cc(F)c1F. The molecule has 1 aromatic carbocycles. The second-order valence-corrected chi connectivity index (χ2v) is 2.43. The molecule has 1 rings (SSSR count). The van der Waals surface area contributed by atoms with E-state index in [1.807, 2.05) is 0 Å². The van der Waals surface area contributed by atoms with Gasteiger partial charge in [-0.1, -0.05) is 0 Å². The predicted octanol–water partition coefficient (Wildman–Crippen LogP) is 1.73. The molecule has 0 spiro atoms. The van der Waals surface area contributed by atoms with Crippen molar-refractivity contribution in [3.05, 3.63) is 23.5 Å². The molecular formula is C8H5F3O3. The van der Waals surface area contributed by atoms with Gasteiger partial charge in [-0.25, -0.2) is 4.39 Å². The van der Waals surface area contributed by atoms with E-state index in [0.29, 0.717) is 0 Å². The summed E-state index contributed by atoms with van der Waals surface area (Å²) in [5.74, 6) is -8.06. The molecule has 0 bridgehead atoms. The Hall–Kier alpha value is -1.72. The lowest BCUT2D eigenvalue weighted by Crippen LogP contribution is -2.06. The molecule has 0 aliphatic carbocycles. The number of phenols is 1. The molecule has 0 heterocycles. The first-order valence-electron chi connectivity index (χ1n) is 3.48. The molecule has 0 atom stereocenters. The van der Waals surface area contributed by atoms with Gasteiger partial charge in [-0.15, -0.1) is 0 Å². The molecule has 76 valence electrons. The van der Waals surface area contributed by atoms with Crippen molar-refractivity contribution >= 4 is 5.97 Å². The zero-order valence-electron chi connectivity index (χ0n) is 6.97. The van der Waals surface area contributed by atoms with Gasteiger partial charge in [-0.2, -0.15) is 8.78 Å². The highest BCUT2D eigenvalue weighted by molar-refractivity contribution is 5.69. The minimum atomic E-state index is -1.66. The lowest BCUT2D eigenvalue weighted by atomic mass is 10.3. The first kappa shape index (κ1) is 10.4. The van der Waals surface area contributed by atoms with Crippen LogP contribution in [0.3, 0.4) is 0 Å². The van der Waals surface area contributed by atoms with Crippen molar-refractivity contribution in [2.24, 2.45) is 0 Å². The number of phenolic OH excluding ortho intramolecular Hbond substituents is 1. The quantitative estimate of drug-likeness (QED) is 0.432. The highest BCUT2D eigenvalue weighted by atomic mass is 19.2. The van der Waals surface area contributed by atoms with E-state index >= 15 is 0 Å². The van der Waals surface area contributed by atoms with Gasteiger partial charge < -0.3 is 9.84 Å². The minimum absolute atomic E-state index is 0.248. The summed E-state index contributed by atoms with van der Waals surface area (Å²) in [6.45, 7) is 0.890. The normalized spacial score (nSPS) is 10.0. The number of hydrogen-bond acceptors (Lipinski definition) is 3. The summed E-state index contributed by atoms with van der Waals surface area (Å²) in [6, 6.07) is 0.248. The van der Waals surface area contributed by atoms with Crippen molar-refractivity contribution in [1.82, 2.24) is 0 Å². The van der Waals surface area contributed by atoms with Crippen molar-refractivity contribution in [3.63, 3.8) is 0 Å². The average molecular weight is 206 g/mol. The Morgan fingerprint density at radius 1 is 1.36 bits per heavy atom. The lowest BCUT2D eigenvalue weighted by molar-refractivity contribution is -0.132. The van der Waals surface area contributed by atoms with E-state index in [-0.39, 0.29) is 6.07 Å². The van der Waals surface area contributed by atoms with Gasteiger partial charge in [0.05, 0.1) is 0 Å². The first-order chi connectivity index (χ1) is 6.43. The van der Waals surface area contributed by atoms with E-state index in [9.17, 15) is 18.0 Å². The van der Waals surface area contributed by atoms with Gasteiger partial charge in [0.25, 0.3) is 0 Å². The van der Waals surface area contributed by atoms with Crippen LogP contribution in [0.2, 0.25) is 0 Å². The van der Waals surface area contributed by atoms with Gasteiger partial charge in [0, 0.05) is 13.0 Å². The molecule has 14 heavy (non-hydrogen) atoms. The Kier molecular flexibility index (Phi) is 2.64. The zero-order chi connectivity index (χ0) is 10.9. The van der Waals surface area contributed by atoms with E-state index in [4.69, 9.17) is 5.11 Å². The molecule has 0 unspecified atom stereocenters. The fourth-order valence-electron chi connectivity index (χ4n) is 0.801. The summed E-state index contributed by atoms with van der Waals surface area (Å²) in [6.07, 6.45) is 0. The maximum Gasteiger partial charge on any atom is 0.308 e.